The summed E-state index contributed by atoms with van der Waals surface area (Å²) in [4.78, 5) is 15.4. The molecular formula is C13H17ClN2OS2. The molecule has 104 valence electrons. The van der Waals surface area contributed by atoms with Gasteiger partial charge in [0.05, 0.1) is 16.9 Å². The van der Waals surface area contributed by atoms with Crippen molar-refractivity contribution >= 4 is 40.6 Å². The molecule has 1 amide bonds. The van der Waals surface area contributed by atoms with Gasteiger partial charge in [-0.3, -0.25) is 4.79 Å². The third-order valence-corrected chi connectivity index (χ3v) is 5.13. The average Bonchev–Trinajstić information content (AvgIpc) is 2.84. The van der Waals surface area contributed by atoms with Crippen LogP contribution in [0.4, 0.5) is 0 Å². The number of nitrogens with one attached hydrogen (secondary N) is 1. The number of hydrogen-bond acceptors (Lipinski definition) is 4. The highest BCUT2D eigenvalue weighted by atomic mass is 35.5. The van der Waals surface area contributed by atoms with Gasteiger partial charge in [-0.25, -0.2) is 0 Å². The average molecular weight is 317 g/mol. The first kappa shape index (κ1) is 14.9. The summed E-state index contributed by atoms with van der Waals surface area (Å²) < 4.78 is 0.757. The van der Waals surface area contributed by atoms with Crippen molar-refractivity contribution in [2.45, 2.75) is 12.6 Å². The van der Waals surface area contributed by atoms with Crippen molar-refractivity contribution < 1.29 is 4.79 Å². The van der Waals surface area contributed by atoms with E-state index in [0.29, 0.717) is 13.1 Å². The van der Waals surface area contributed by atoms with Gasteiger partial charge in [-0.2, -0.15) is 11.8 Å². The molecule has 0 saturated carbocycles. The predicted molar refractivity (Wildman–Crippen MR) is 84.1 cm³/mol. The van der Waals surface area contributed by atoms with E-state index in [9.17, 15) is 4.79 Å². The van der Waals surface area contributed by atoms with Crippen LogP contribution in [0.15, 0.2) is 24.8 Å². The number of carbonyl (C=O) groups is 1. The lowest BCUT2D eigenvalue weighted by Gasteiger charge is -2.28. The Morgan fingerprint density at radius 3 is 3.05 bits per heavy atom. The molecule has 1 aromatic heterocycles. The molecule has 0 bridgehead atoms. The fraction of sp³-hybridized carbons (Fsp3) is 0.462. The first-order chi connectivity index (χ1) is 9.20. The second-order valence-corrected chi connectivity index (χ2v) is 7.24. The van der Waals surface area contributed by atoms with Crippen LogP contribution in [0, 0.1) is 0 Å². The quantitative estimate of drug-likeness (QED) is 0.848. The molecule has 1 fully saturated rings. The Bertz CT molecular complexity index is 444. The maximum absolute atomic E-state index is 12.5. The van der Waals surface area contributed by atoms with Crippen LogP contribution in [0.3, 0.4) is 0 Å². The van der Waals surface area contributed by atoms with E-state index in [1.54, 1.807) is 6.08 Å². The molecule has 2 heterocycles. The molecular weight excluding hydrogens is 300 g/mol. The topological polar surface area (TPSA) is 32.3 Å². The van der Waals surface area contributed by atoms with Crippen molar-refractivity contribution in [1.82, 2.24) is 10.2 Å². The Labute approximate surface area is 127 Å². The van der Waals surface area contributed by atoms with Gasteiger partial charge in [0.1, 0.15) is 0 Å². The van der Waals surface area contributed by atoms with E-state index in [1.807, 2.05) is 28.8 Å². The lowest BCUT2D eigenvalue weighted by Crippen LogP contribution is -2.50. The number of thioether (sulfide) groups is 1. The number of nitrogens with zero attached hydrogens (tertiary/aromatic N) is 1. The summed E-state index contributed by atoms with van der Waals surface area (Å²) >= 11 is 9.27. The largest absolute Gasteiger partial charge is 0.332 e. The molecule has 1 N–H and O–H groups in total. The van der Waals surface area contributed by atoms with Crippen molar-refractivity contribution in [2.75, 3.05) is 24.6 Å². The second-order valence-electron chi connectivity index (χ2n) is 4.29. The molecule has 0 aromatic carbocycles. The molecule has 2 rings (SSSR count). The first-order valence-corrected chi connectivity index (χ1v) is 8.50. The molecule has 3 nitrogen and oxygen atoms in total. The summed E-state index contributed by atoms with van der Waals surface area (Å²) in [5, 5.41) is 3.28. The van der Waals surface area contributed by atoms with Crippen molar-refractivity contribution in [1.29, 1.82) is 0 Å². The van der Waals surface area contributed by atoms with Crippen LogP contribution in [0.25, 0.3) is 0 Å². The standard InChI is InChI=1S/C13H17ClN2OS2/c1-2-6-16(8-10-3-4-12(14)19-10)13(17)11-9-18-7-5-15-11/h2-4,11,15H,1,5-9H2. The van der Waals surface area contributed by atoms with Crippen molar-refractivity contribution in [3.8, 4) is 0 Å². The van der Waals surface area contributed by atoms with Crippen molar-refractivity contribution in [3.05, 3.63) is 34.0 Å². The maximum Gasteiger partial charge on any atom is 0.241 e. The van der Waals surface area contributed by atoms with E-state index < -0.39 is 0 Å². The molecule has 0 spiro atoms. The fourth-order valence-electron chi connectivity index (χ4n) is 1.96. The fourth-order valence-corrected chi connectivity index (χ4v) is 3.99. The second kappa shape index (κ2) is 7.33. The molecule has 1 aromatic rings. The smallest absolute Gasteiger partial charge is 0.241 e. The highest BCUT2D eigenvalue weighted by molar-refractivity contribution is 7.99. The summed E-state index contributed by atoms with van der Waals surface area (Å²) in [5.74, 6) is 2.07. The van der Waals surface area contributed by atoms with Gasteiger partial charge >= 0.3 is 0 Å². The molecule has 0 radical (unpaired) electrons. The van der Waals surface area contributed by atoms with Gasteiger partial charge in [0.2, 0.25) is 5.91 Å². The van der Waals surface area contributed by atoms with Gasteiger partial charge in [-0.1, -0.05) is 17.7 Å². The zero-order valence-corrected chi connectivity index (χ0v) is 13.0. The highest BCUT2D eigenvalue weighted by Crippen LogP contribution is 2.23. The third-order valence-electron chi connectivity index (χ3n) is 2.86. The minimum atomic E-state index is -0.0749. The number of hydrogen-bond donors (Lipinski definition) is 1. The van der Waals surface area contributed by atoms with Gasteiger partial charge < -0.3 is 10.2 Å². The van der Waals surface area contributed by atoms with E-state index in [1.165, 1.54) is 11.3 Å². The van der Waals surface area contributed by atoms with Crippen LogP contribution < -0.4 is 5.32 Å². The van der Waals surface area contributed by atoms with E-state index in [-0.39, 0.29) is 11.9 Å². The predicted octanol–water partition coefficient (Wildman–Crippen LogP) is 2.62. The van der Waals surface area contributed by atoms with Crippen LogP contribution in [-0.2, 0) is 11.3 Å². The van der Waals surface area contributed by atoms with Crippen molar-refractivity contribution in [3.63, 3.8) is 0 Å². The van der Waals surface area contributed by atoms with E-state index >= 15 is 0 Å². The van der Waals surface area contributed by atoms with E-state index in [4.69, 9.17) is 11.6 Å². The first-order valence-electron chi connectivity index (χ1n) is 6.15. The van der Waals surface area contributed by atoms with Crippen LogP contribution in [0.2, 0.25) is 4.34 Å². The van der Waals surface area contributed by atoms with Crippen LogP contribution in [0.1, 0.15) is 4.88 Å². The lowest BCUT2D eigenvalue weighted by molar-refractivity contribution is -0.132. The van der Waals surface area contributed by atoms with Gasteiger partial charge in [0.15, 0.2) is 0 Å². The summed E-state index contributed by atoms with van der Waals surface area (Å²) in [6, 6.07) is 3.76. The lowest BCUT2D eigenvalue weighted by atomic mass is 10.2. The SMILES string of the molecule is C=CCN(Cc1ccc(Cl)s1)C(=O)C1CSCCN1. The minimum absolute atomic E-state index is 0.0749. The number of carbonyl (C=O) groups excluding carboxylic acids is 1. The zero-order valence-electron chi connectivity index (χ0n) is 10.6. The molecule has 0 aliphatic carbocycles. The number of halogens is 1. The molecule has 1 aliphatic heterocycles. The van der Waals surface area contributed by atoms with Crippen LogP contribution >= 0.6 is 34.7 Å². The number of rotatable bonds is 5. The van der Waals surface area contributed by atoms with Gasteiger partial charge in [-0.05, 0) is 12.1 Å². The van der Waals surface area contributed by atoms with Crippen molar-refractivity contribution in [2.24, 2.45) is 0 Å². The number of thiophene rings is 1. The molecule has 1 aliphatic rings. The maximum atomic E-state index is 12.5. The van der Waals surface area contributed by atoms with E-state index in [0.717, 1.165) is 27.3 Å². The third kappa shape index (κ3) is 4.24. The Kier molecular flexibility index (Phi) is 5.76. The Morgan fingerprint density at radius 1 is 1.63 bits per heavy atom. The van der Waals surface area contributed by atoms with Crippen LogP contribution in [0.5, 0.6) is 0 Å². The van der Waals surface area contributed by atoms with E-state index in [2.05, 4.69) is 11.9 Å². The molecule has 1 atom stereocenters. The zero-order chi connectivity index (χ0) is 13.7. The number of amides is 1. The summed E-state index contributed by atoms with van der Waals surface area (Å²) in [6.45, 7) is 5.80. The summed E-state index contributed by atoms with van der Waals surface area (Å²) in [5.41, 5.74) is 0. The molecule has 19 heavy (non-hydrogen) atoms. The van der Waals surface area contributed by atoms with Gasteiger partial charge in [-0.15, -0.1) is 17.9 Å². The molecule has 6 heteroatoms. The molecule has 1 saturated heterocycles. The normalized spacial score (nSPS) is 19.1. The highest BCUT2D eigenvalue weighted by Gasteiger charge is 2.25. The van der Waals surface area contributed by atoms with Gasteiger partial charge in [0.25, 0.3) is 0 Å². The Morgan fingerprint density at radius 2 is 2.47 bits per heavy atom. The van der Waals surface area contributed by atoms with Crippen LogP contribution in [-0.4, -0.2) is 41.4 Å². The summed E-state index contributed by atoms with van der Waals surface area (Å²) in [6.07, 6.45) is 1.77. The molecule has 1 unspecified atom stereocenters. The Hall–Kier alpha value is -0.490. The Balaban J connectivity index is 2.01. The monoisotopic (exact) mass is 316 g/mol. The minimum Gasteiger partial charge on any atom is -0.332 e. The summed E-state index contributed by atoms with van der Waals surface area (Å²) in [7, 11) is 0. The van der Waals surface area contributed by atoms with Gasteiger partial charge in [0, 0.05) is 29.5 Å².